The number of allylic oxidation sites excluding steroid dienone is 3. The summed E-state index contributed by atoms with van der Waals surface area (Å²) >= 11 is 0. The fraction of sp³-hybridized carbons (Fsp3) is 0.118. The third-order valence-corrected chi connectivity index (χ3v) is 3.34. The van der Waals surface area contributed by atoms with Crippen LogP contribution in [0.5, 0.6) is 0 Å². The molecule has 0 saturated carbocycles. The second-order valence-corrected chi connectivity index (χ2v) is 4.98. The molecule has 0 fully saturated rings. The van der Waals surface area contributed by atoms with Gasteiger partial charge < -0.3 is 15.8 Å². The highest BCUT2D eigenvalue weighted by atomic mass is 16.2. The fourth-order valence-electron chi connectivity index (χ4n) is 2.23. The molecule has 0 radical (unpaired) electrons. The van der Waals surface area contributed by atoms with Crippen molar-refractivity contribution in [3.63, 3.8) is 0 Å². The van der Waals surface area contributed by atoms with E-state index in [1.54, 1.807) is 30.4 Å². The van der Waals surface area contributed by atoms with Crippen molar-refractivity contribution in [3.8, 4) is 0 Å². The highest BCUT2D eigenvalue weighted by Gasteiger charge is 2.16. The molecule has 2 aromatic rings. The lowest BCUT2D eigenvalue weighted by molar-refractivity contribution is -0.113. The number of aldehydes is 1. The van der Waals surface area contributed by atoms with E-state index in [9.17, 15) is 14.4 Å². The Kier molecular flexibility index (Phi) is 5.57. The number of amides is 2. The molecule has 0 aliphatic carbocycles. The molecule has 0 aliphatic heterocycles. The first-order valence-electron chi connectivity index (χ1n) is 7.36. The minimum absolute atomic E-state index is 0.0398. The summed E-state index contributed by atoms with van der Waals surface area (Å²) in [6.07, 6.45) is 5.61. The summed E-state index contributed by atoms with van der Waals surface area (Å²) in [4.78, 5) is 38.2. The monoisotopic (exact) mass is 339 g/mol. The summed E-state index contributed by atoms with van der Waals surface area (Å²) in [7, 11) is 0. The summed E-state index contributed by atoms with van der Waals surface area (Å²) in [5.74, 6) is -1.14. The Morgan fingerprint density at radius 1 is 1.44 bits per heavy atom. The van der Waals surface area contributed by atoms with Crippen LogP contribution in [0.1, 0.15) is 17.4 Å². The van der Waals surface area contributed by atoms with E-state index in [0.717, 1.165) is 0 Å². The van der Waals surface area contributed by atoms with Gasteiger partial charge in [0.2, 0.25) is 0 Å². The summed E-state index contributed by atoms with van der Waals surface area (Å²) in [5.41, 5.74) is 6.48. The molecule has 0 unspecified atom stereocenters. The lowest BCUT2D eigenvalue weighted by Crippen LogP contribution is -2.13. The van der Waals surface area contributed by atoms with Gasteiger partial charge in [-0.15, -0.1) is 0 Å². The molecular weight excluding hydrogens is 322 g/mol. The van der Waals surface area contributed by atoms with Gasteiger partial charge in [0, 0.05) is 11.1 Å². The van der Waals surface area contributed by atoms with Crippen molar-refractivity contribution in [3.05, 3.63) is 47.8 Å². The molecule has 8 heteroatoms. The maximum Gasteiger partial charge on any atom is 0.274 e. The third-order valence-electron chi connectivity index (χ3n) is 3.34. The summed E-state index contributed by atoms with van der Waals surface area (Å²) in [6, 6.07) is 4.82. The average molecular weight is 339 g/mol. The summed E-state index contributed by atoms with van der Waals surface area (Å²) in [6.45, 7) is 5.14. The number of nitrogens with two attached hydrogens (primary N) is 1. The van der Waals surface area contributed by atoms with Gasteiger partial charge in [-0.05, 0) is 37.9 Å². The van der Waals surface area contributed by atoms with Crippen LogP contribution in [0, 0.1) is 0 Å². The molecule has 0 atom stereocenters. The zero-order valence-corrected chi connectivity index (χ0v) is 13.6. The number of aliphatic imine (C=N–C) groups is 1. The zero-order chi connectivity index (χ0) is 18.4. The van der Waals surface area contributed by atoms with Gasteiger partial charge >= 0.3 is 0 Å². The SMILES string of the molecule is C=N/C(=C\C=C/C)C(=O)Nc1ccc2c(C(N)=O)nn(CC=O)c2c1. The number of rotatable bonds is 7. The van der Waals surface area contributed by atoms with E-state index in [-0.39, 0.29) is 17.9 Å². The topological polar surface area (TPSA) is 119 Å². The van der Waals surface area contributed by atoms with E-state index in [1.165, 1.54) is 10.8 Å². The Morgan fingerprint density at radius 3 is 2.80 bits per heavy atom. The number of aromatic nitrogens is 2. The predicted molar refractivity (Wildman–Crippen MR) is 95.4 cm³/mol. The third kappa shape index (κ3) is 3.86. The number of nitrogens with one attached hydrogen (secondary N) is 1. The molecule has 2 amide bonds. The maximum atomic E-state index is 12.2. The van der Waals surface area contributed by atoms with E-state index in [1.807, 2.05) is 6.92 Å². The largest absolute Gasteiger partial charge is 0.364 e. The van der Waals surface area contributed by atoms with Crippen LogP contribution in [-0.2, 0) is 16.1 Å². The first kappa shape index (κ1) is 17.8. The standard InChI is InChI=1S/C17H17N5O3/c1-3-4-5-13(19-2)17(25)20-11-6-7-12-14(10-11)22(8-9-23)21-15(12)16(18)24/h3-7,9-10H,2,8H2,1H3,(H2,18,24)(H,20,25)/b4-3-,13-5-. The second kappa shape index (κ2) is 7.82. The predicted octanol–water partition coefficient (Wildman–Crippen LogP) is 1.43. The Balaban J connectivity index is 2.42. The molecule has 1 heterocycles. The van der Waals surface area contributed by atoms with Gasteiger partial charge in [0.05, 0.1) is 12.1 Å². The lowest BCUT2D eigenvalue weighted by atomic mass is 10.2. The van der Waals surface area contributed by atoms with Gasteiger partial charge in [-0.3, -0.25) is 19.3 Å². The Labute approximate surface area is 143 Å². The Morgan fingerprint density at radius 2 is 2.20 bits per heavy atom. The van der Waals surface area contributed by atoms with Gasteiger partial charge in [0.25, 0.3) is 11.8 Å². The maximum absolute atomic E-state index is 12.2. The van der Waals surface area contributed by atoms with Crippen molar-refractivity contribution in [2.45, 2.75) is 13.5 Å². The van der Waals surface area contributed by atoms with Crippen LogP contribution in [0.15, 0.2) is 47.1 Å². The normalized spacial score (nSPS) is 11.6. The van der Waals surface area contributed by atoms with E-state index in [0.29, 0.717) is 22.9 Å². The number of carbonyl (C=O) groups is 3. The van der Waals surface area contributed by atoms with Crippen LogP contribution in [0.2, 0.25) is 0 Å². The molecule has 2 rings (SSSR count). The van der Waals surface area contributed by atoms with Crippen molar-refractivity contribution in [2.24, 2.45) is 10.7 Å². The van der Waals surface area contributed by atoms with Gasteiger partial charge in [-0.1, -0.05) is 12.2 Å². The van der Waals surface area contributed by atoms with Crippen LogP contribution < -0.4 is 11.1 Å². The fourth-order valence-corrected chi connectivity index (χ4v) is 2.23. The summed E-state index contributed by atoms with van der Waals surface area (Å²) in [5, 5.41) is 7.22. The van der Waals surface area contributed by atoms with Crippen LogP contribution in [0.3, 0.4) is 0 Å². The molecule has 0 spiro atoms. The van der Waals surface area contributed by atoms with Crippen LogP contribution >= 0.6 is 0 Å². The van der Waals surface area contributed by atoms with Gasteiger partial charge in [0.1, 0.15) is 12.0 Å². The first-order chi connectivity index (χ1) is 12.0. The number of carbonyl (C=O) groups excluding carboxylic acids is 3. The number of anilines is 1. The number of primary amides is 1. The van der Waals surface area contributed by atoms with Crippen molar-refractivity contribution < 1.29 is 14.4 Å². The molecular formula is C17H17N5O3. The zero-order valence-electron chi connectivity index (χ0n) is 13.6. The van der Waals surface area contributed by atoms with Gasteiger partial charge in [-0.2, -0.15) is 5.10 Å². The highest BCUT2D eigenvalue weighted by Crippen LogP contribution is 2.23. The minimum atomic E-state index is -0.695. The lowest BCUT2D eigenvalue weighted by Gasteiger charge is -2.06. The molecule has 1 aromatic carbocycles. The smallest absolute Gasteiger partial charge is 0.274 e. The van der Waals surface area contributed by atoms with E-state index >= 15 is 0 Å². The van der Waals surface area contributed by atoms with Crippen molar-refractivity contribution in [1.82, 2.24) is 9.78 Å². The molecule has 3 N–H and O–H groups in total. The molecule has 0 bridgehead atoms. The van der Waals surface area contributed by atoms with E-state index in [4.69, 9.17) is 5.73 Å². The number of nitrogens with zero attached hydrogens (tertiary/aromatic N) is 3. The molecule has 1 aromatic heterocycles. The van der Waals surface area contributed by atoms with Crippen LogP contribution in [0.4, 0.5) is 5.69 Å². The second-order valence-electron chi connectivity index (χ2n) is 4.98. The van der Waals surface area contributed by atoms with Crippen LogP contribution in [0.25, 0.3) is 10.9 Å². The number of hydrogen-bond acceptors (Lipinski definition) is 5. The van der Waals surface area contributed by atoms with Gasteiger partial charge in [0.15, 0.2) is 5.69 Å². The van der Waals surface area contributed by atoms with Crippen molar-refractivity contribution in [2.75, 3.05) is 5.32 Å². The number of benzene rings is 1. The molecule has 8 nitrogen and oxygen atoms in total. The molecule has 25 heavy (non-hydrogen) atoms. The Hall–Kier alpha value is -3.55. The molecule has 128 valence electrons. The Bertz CT molecular complexity index is 908. The van der Waals surface area contributed by atoms with Crippen LogP contribution in [-0.4, -0.2) is 34.6 Å². The highest BCUT2D eigenvalue weighted by molar-refractivity contribution is 6.07. The van der Waals surface area contributed by atoms with Crippen molar-refractivity contribution >= 4 is 41.4 Å². The van der Waals surface area contributed by atoms with E-state index < -0.39 is 11.8 Å². The number of hydrogen-bond donors (Lipinski definition) is 2. The van der Waals surface area contributed by atoms with Crippen molar-refractivity contribution in [1.29, 1.82) is 0 Å². The number of fused-ring (bicyclic) bond motifs is 1. The first-order valence-corrected chi connectivity index (χ1v) is 7.36. The average Bonchev–Trinajstić information content (AvgIpc) is 2.94. The quantitative estimate of drug-likeness (QED) is 0.343. The van der Waals surface area contributed by atoms with E-state index in [2.05, 4.69) is 22.1 Å². The molecule has 0 aliphatic rings. The molecule has 0 saturated heterocycles. The summed E-state index contributed by atoms with van der Waals surface area (Å²) < 4.78 is 1.35. The minimum Gasteiger partial charge on any atom is -0.364 e. The van der Waals surface area contributed by atoms with Gasteiger partial charge in [-0.25, -0.2) is 0 Å².